The fourth-order valence-corrected chi connectivity index (χ4v) is 5.85. The minimum Gasteiger partial charge on any atom is -0.408 e. The van der Waals surface area contributed by atoms with E-state index in [0.29, 0.717) is 19.8 Å². The molecule has 1 aliphatic heterocycles. The number of hydrogen-bond donors (Lipinski definition) is 1. The van der Waals surface area contributed by atoms with Crippen molar-refractivity contribution in [1.29, 1.82) is 0 Å². The molecule has 3 heterocycles. The molecule has 192 valence electrons. The second-order valence-electron chi connectivity index (χ2n) is 8.29. The van der Waals surface area contributed by atoms with Crippen molar-refractivity contribution < 1.29 is 22.0 Å². The topological polar surface area (TPSA) is 120 Å². The van der Waals surface area contributed by atoms with Crippen LogP contribution in [0.4, 0.5) is 9.52 Å². The van der Waals surface area contributed by atoms with Gasteiger partial charge in [0.2, 0.25) is 5.13 Å². The van der Waals surface area contributed by atoms with Crippen LogP contribution in [0.1, 0.15) is 24.1 Å². The summed E-state index contributed by atoms with van der Waals surface area (Å²) in [6.45, 7) is 5.38. The number of oxazole rings is 1. The normalized spacial score (nSPS) is 15.3. The van der Waals surface area contributed by atoms with Gasteiger partial charge in [0.15, 0.2) is 5.58 Å². The predicted octanol–water partition coefficient (Wildman–Crippen LogP) is 2.68. The van der Waals surface area contributed by atoms with Crippen LogP contribution >= 0.6 is 11.5 Å². The number of hydrogen-bond acceptors (Lipinski definition) is 9. The second-order valence-corrected chi connectivity index (χ2v) is 10.7. The van der Waals surface area contributed by atoms with Gasteiger partial charge in [-0.05, 0) is 18.6 Å². The number of rotatable bonds is 6. The molecule has 37 heavy (non-hydrogen) atoms. The summed E-state index contributed by atoms with van der Waals surface area (Å²) in [5.41, 5.74) is 1.54. The Balaban J connectivity index is 1.48. The van der Waals surface area contributed by atoms with Crippen molar-refractivity contribution in [2.75, 3.05) is 37.6 Å². The molecule has 1 atom stereocenters. The van der Waals surface area contributed by atoms with Crippen LogP contribution in [0.3, 0.4) is 0 Å². The Bertz CT molecular complexity index is 1650. The number of sulfonamides is 1. The number of morpholine rings is 1. The van der Waals surface area contributed by atoms with Gasteiger partial charge in [-0.3, -0.25) is 14.2 Å². The lowest BCUT2D eigenvalue weighted by Gasteiger charge is -2.24. The van der Waals surface area contributed by atoms with E-state index in [1.54, 1.807) is 6.92 Å². The molecule has 10 nitrogen and oxygen atoms in total. The van der Waals surface area contributed by atoms with Gasteiger partial charge in [0, 0.05) is 42.3 Å². The van der Waals surface area contributed by atoms with Gasteiger partial charge >= 0.3 is 5.76 Å². The van der Waals surface area contributed by atoms with Gasteiger partial charge in [-0.1, -0.05) is 30.0 Å². The molecular weight excluding hydrogens is 521 g/mol. The zero-order chi connectivity index (χ0) is 26.0. The number of nitrogens with one attached hydrogen (secondary N) is 1. The highest BCUT2D eigenvalue weighted by Crippen LogP contribution is 2.29. The summed E-state index contributed by atoms with van der Waals surface area (Å²) < 4.78 is 58.4. The molecule has 0 amide bonds. The fourth-order valence-electron chi connectivity index (χ4n) is 4.12. The molecule has 1 aliphatic rings. The highest BCUT2D eigenvalue weighted by Gasteiger charge is 2.26. The second kappa shape index (κ2) is 10.4. The summed E-state index contributed by atoms with van der Waals surface area (Å²) in [6.07, 6.45) is 1.17. The van der Waals surface area contributed by atoms with Crippen LogP contribution in [0.25, 0.3) is 11.1 Å². The van der Waals surface area contributed by atoms with Gasteiger partial charge in [0.05, 0.1) is 31.3 Å². The molecule has 0 aliphatic carbocycles. The molecule has 1 saturated heterocycles. The van der Waals surface area contributed by atoms with Crippen LogP contribution in [0, 0.1) is 17.7 Å². The van der Waals surface area contributed by atoms with E-state index in [4.69, 9.17) is 9.15 Å². The number of fused-ring (bicyclic) bond motifs is 1. The van der Waals surface area contributed by atoms with E-state index in [1.807, 2.05) is 24.3 Å². The Labute approximate surface area is 215 Å². The van der Waals surface area contributed by atoms with Gasteiger partial charge in [-0.2, -0.15) is 4.37 Å². The molecule has 0 saturated carbocycles. The Morgan fingerprint density at radius 1 is 1.24 bits per heavy atom. The molecule has 13 heteroatoms. The molecule has 1 N–H and O–H groups in total. The molecule has 4 aromatic rings. The Kier molecular flexibility index (Phi) is 7.07. The van der Waals surface area contributed by atoms with Crippen molar-refractivity contribution in [3.63, 3.8) is 0 Å². The van der Waals surface area contributed by atoms with Gasteiger partial charge in [0.1, 0.15) is 17.0 Å². The van der Waals surface area contributed by atoms with Crippen LogP contribution in [0.5, 0.6) is 0 Å². The maximum atomic E-state index is 15.1. The van der Waals surface area contributed by atoms with Gasteiger partial charge < -0.3 is 9.15 Å². The first-order valence-electron chi connectivity index (χ1n) is 11.4. The van der Waals surface area contributed by atoms with Crippen LogP contribution < -0.4 is 10.5 Å². The zero-order valence-electron chi connectivity index (χ0n) is 19.7. The van der Waals surface area contributed by atoms with Gasteiger partial charge in [-0.25, -0.2) is 22.6 Å². The number of aromatic nitrogens is 3. The van der Waals surface area contributed by atoms with E-state index in [2.05, 4.69) is 30.8 Å². The number of benzene rings is 2. The summed E-state index contributed by atoms with van der Waals surface area (Å²) in [5, 5.41) is -0.0153. The number of halogens is 1. The SMILES string of the molecule is C[C@H](c1ccccc1C#CCN1CCOCC1)n1c(=O)oc2cc(S(=O)(=O)Nc3ncns3)c(F)cc21. The van der Waals surface area contributed by atoms with Crippen LogP contribution in [0.15, 0.2) is 56.8 Å². The standard InChI is InChI=1S/C24H22FN5O5S2/c1-16(18-7-3-2-5-17(18)6-4-8-29-9-11-34-12-10-29)30-20-13-19(25)22(14-21(20)35-24(30)31)37(32,33)28-23-26-15-27-36-23/h2-3,5,7,13-16H,8-12H2,1H3,(H,26,27,28)/t16-/m1/s1. The maximum Gasteiger partial charge on any atom is 0.420 e. The average Bonchev–Trinajstić information content (AvgIpc) is 3.50. The van der Waals surface area contributed by atoms with E-state index in [1.165, 1.54) is 10.9 Å². The average molecular weight is 544 g/mol. The van der Waals surface area contributed by atoms with E-state index in [-0.39, 0.29) is 16.2 Å². The minimum absolute atomic E-state index is 0.0153. The summed E-state index contributed by atoms with van der Waals surface area (Å²) in [5.74, 6) is 4.58. The molecule has 0 unspecified atom stereocenters. The molecule has 2 aromatic carbocycles. The van der Waals surface area contributed by atoms with E-state index >= 15 is 4.39 Å². The zero-order valence-corrected chi connectivity index (χ0v) is 21.3. The molecule has 1 fully saturated rings. The summed E-state index contributed by atoms with van der Waals surface area (Å²) in [4.78, 5) is 18.1. The molecule has 2 aromatic heterocycles. The molecule has 0 spiro atoms. The van der Waals surface area contributed by atoms with Crippen molar-refractivity contribution in [2.45, 2.75) is 17.9 Å². The quantitative estimate of drug-likeness (QED) is 0.369. The van der Waals surface area contributed by atoms with E-state index in [9.17, 15) is 13.2 Å². The summed E-state index contributed by atoms with van der Waals surface area (Å²) >= 11 is 0.806. The lowest BCUT2D eigenvalue weighted by molar-refractivity contribution is 0.0443. The maximum absolute atomic E-state index is 15.1. The van der Waals surface area contributed by atoms with Crippen LogP contribution in [-0.2, 0) is 14.8 Å². The van der Waals surface area contributed by atoms with Crippen molar-refractivity contribution >= 4 is 37.8 Å². The molecule has 5 rings (SSSR count). The van der Waals surface area contributed by atoms with Crippen molar-refractivity contribution in [2.24, 2.45) is 0 Å². The number of ether oxygens (including phenoxy) is 1. The third-order valence-electron chi connectivity index (χ3n) is 5.97. The first kappa shape index (κ1) is 25.1. The van der Waals surface area contributed by atoms with Crippen molar-refractivity contribution in [1.82, 2.24) is 18.8 Å². The van der Waals surface area contributed by atoms with E-state index in [0.717, 1.165) is 47.9 Å². The Morgan fingerprint density at radius 2 is 2.03 bits per heavy atom. The first-order valence-corrected chi connectivity index (χ1v) is 13.6. The minimum atomic E-state index is -4.33. The van der Waals surface area contributed by atoms with Crippen LogP contribution in [0.2, 0.25) is 0 Å². The predicted molar refractivity (Wildman–Crippen MR) is 136 cm³/mol. The van der Waals surface area contributed by atoms with E-state index < -0.39 is 32.5 Å². The third-order valence-corrected chi connectivity index (χ3v) is 8.03. The lowest BCUT2D eigenvalue weighted by atomic mass is 10.0. The van der Waals surface area contributed by atoms with Gasteiger partial charge in [0.25, 0.3) is 10.0 Å². The highest BCUT2D eigenvalue weighted by atomic mass is 32.2. The molecular formula is C24H22FN5O5S2. The fraction of sp³-hybridized carbons (Fsp3) is 0.292. The smallest absolute Gasteiger partial charge is 0.408 e. The van der Waals surface area contributed by atoms with Crippen molar-refractivity contribution in [3.8, 4) is 11.8 Å². The Hall–Kier alpha value is -3.57. The van der Waals surface area contributed by atoms with Crippen molar-refractivity contribution in [3.05, 3.63) is 70.2 Å². The molecule has 0 bridgehead atoms. The van der Waals surface area contributed by atoms with Gasteiger partial charge in [-0.15, -0.1) is 0 Å². The third kappa shape index (κ3) is 5.28. The lowest BCUT2D eigenvalue weighted by Crippen LogP contribution is -2.36. The first-order chi connectivity index (χ1) is 17.8. The molecule has 0 radical (unpaired) electrons. The summed E-state index contributed by atoms with van der Waals surface area (Å²) in [6, 6.07) is 8.80. The van der Waals surface area contributed by atoms with Crippen LogP contribution in [-0.4, -0.2) is 60.1 Å². The monoisotopic (exact) mass is 543 g/mol. The highest BCUT2D eigenvalue weighted by molar-refractivity contribution is 7.93. The largest absolute Gasteiger partial charge is 0.420 e. The number of anilines is 1. The summed E-state index contributed by atoms with van der Waals surface area (Å²) in [7, 11) is -4.33. The number of nitrogens with zero attached hydrogens (tertiary/aromatic N) is 4. The Morgan fingerprint density at radius 3 is 2.78 bits per heavy atom.